The van der Waals surface area contributed by atoms with Crippen LogP contribution in [0.15, 0.2) is 22.8 Å². The van der Waals surface area contributed by atoms with Gasteiger partial charge in [0.1, 0.15) is 11.4 Å². The maximum Gasteiger partial charge on any atom is 0.147 e. The van der Waals surface area contributed by atoms with Crippen LogP contribution in [0.3, 0.4) is 0 Å². The van der Waals surface area contributed by atoms with Crippen molar-refractivity contribution in [1.82, 2.24) is 0 Å². The summed E-state index contributed by atoms with van der Waals surface area (Å²) in [7, 11) is 0. The zero-order chi connectivity index (χ0) is 7.73. The predicted molar refractivity (Wildman–Crippen MR) is 38.0 cm³/mol. The van der Waals surface area contributed by atoms with Gasteiger partial charge >= 0.3 is 0 Å². The summed E-state index contributed by atoms with van der Waals surface area (Å²) in [6.07, 6.45) is 2.19. The largest absolute Gasteiger partial charge is 0.466 e. The molecule has 3 heteroatoms. The minimum Gasteiger partial charge on any atom is -0.466 e. The van der Waals surface area contributed by atoms with Gasteiger partial charge in [-0.3, -0.25) is 0 Å². The van der Waals surface area contributed by atoms with Crippen molar-refractivity contribution in [2.45, 2.75) is 12.0 Å². The Labute approximate surface area is 64.6 Å². The molecule has 60 valence electrons. The molecule has 0 aromatic carbocycles. The minimum atomic E-state index is -0.872. The predicted octanol–water partition coefficient (Wildman–Crippen LogP) is 0.887. The normalized spacial score (nSPS) is 31.0. The Morgan fingerprint density at radius 1 is 1.55 bits per heavy atom. The van der Waals surface area contributed by atoms with Gasteiger partial charge in [0, 0.05) is 6.42 Å². The summed E-state index contributed by atoms with van der Waals surface area (Å²) in [5.41, 5.74) is -0.872. The average molecular weight is 154 g/mol. The smallest absolute Gasteiger partial charge is 0.147 e. The highest BCUT2D eigenvalue weighted by molar-refractivity contribution is 5.10. The molecule has 1 atom stereocenters. The molecule has 2 rings (SSSR count). The van der Waals surface area contributed by atoms with E-state index in [1.54, 1.807) is 18.4 Å². The summed E-state index contributed by atoms with van der Waals surface area (Å²) in [5.74, 6) is 0.606. The maximum absolute atomic E-state index is 9.83. The Kier molecular flexibility index (Phi) is 1.47. The highest BCUT2D eigenvalue weighted by Gasteiger charge is 2.36. The molecule has 1 saturated heterocycles. The molecule has 1 aliphatic rings. The third-order valence-corrected chi connectivity index (χ3v) is 1.98. The van der Waals surface area contributed by atoms with E-state index in [1.807, 2.05) is 0 Å². The molecule has 1 aromatic heterocycles. The quantitative estimate of drug-likeness (QED) is 0.653. The fourth-order valence-electron chi connectivity index (χ4n) is 1.29. The summed E-state index contributed by atoms with van der Waals surface area (Å²) in [4.78, 5) is 0. The van der Waals surface area contributed by atoms with Crippen molar-refractivity contribution in [2.75, 3.05) is 13.2 Å². The zero-order valence-electron chi connectivity index (χ0n) is 6.12. The average Bonchev–Trinajstić information content (AvgIpc) is 2.55. The van der Waals surface area contributed by atoms with Crippen LogP contribution in [0, 0.1) is 0 Å². The van der Waals surface area contributed by atoms with Crippen molar-refractivity contribution in [3.63, 3.8) is 0 Å². The summed E-state index contributed by atoms with van der Waals surface area (Å²) in [5, 5.41) is 9.83. The molecular weight excluding hydrogens is 144 g/mol. The van der Waals surface area contributed by atoms with E-state index in [0.717, 1.165) is 0 Å². The highest BCUT2D eigenvalue weighted by Crippen LogP contribution is 2.29. The fraction of sp³-hybridized carbons (Fsp3) is 0.500. The molecule has 3 nitrogen and oxygen atoms in total. The molecule has 11 heavy (non-hydrogen) atoms. The lowest BCUT2D eigenvalue weighted by atomic mass is 10.0. The first kappa shape index (κ1) is 6.88. The molecule has 0 amide bonds. The monoisotopic (exact) mass is 154 g/mol. The van der Waals surface area contributed by atoms with Gasteiger partial charge in [-0.1, -0.05) is 0 Å². The molecule has 2 heterocycles. The molecule has 0 saturated carbocycles. The van der Waals surface area contributed by atoms with Gasteiger partial charge in [0.15, 0.2) is 0 Å². The number of aliphatic hydroxyl groups is 1. The van der Waals surface area contributed by atoms with E-state index in [4.69, 9.17) is 9.15 Å². The lowest BCUT2D eigenvalue weighted by molar-refractivity contribution is 0.00454. The molecule has 1 fully saturated rings. The van der Waals surface area contributed by atoms with Crippen molar-refractivity contribution >= 4 is 0 Å². The van der Waals surface area contributed by atoms with Crippen LogP contribution in [0.2, 0.25) is 0 Å². The summed E-state index contributed by atoms with van der Waals surface area (Å²) in [6, 6.07) is 3.54. The van der Waals surface area contributed by atoms with Crippen LogP contribution in [-0.2, 0) is 10.3 Å². The molecule has 0 aliphatic carbocycles. The lowest BCUT2D eigenvalue weighted by Gasteiger charge is -2.16. The van der Waals surface area contributed by atoms with Crippen LogP contribution in [0.4, 0.5) is 0 Å². The number of rotatable bonds is 1. The molecule has 1 N–H and O–H groups in total. The van der Waals surface area contributed by atoms with Gasteiger partial charge in [-0.15, -0.1) is 0 Å². The standard InChI is InChI=1S/C8H10O3/c9-8(3-5-10-6-8)7-2-1-4-11-7/h1-2,4,9H,3,5-6H2. The van der Waals surface area contributed by atoms with Crippen LogP contribution in [0.25, 0.3) is 0 Å². The summed E-state index contributed by atoms with van der Waals surface area (Å²) in [6.45, 7) is 0.956. The third-order valence-electron chi connectivity index (χ3n) is 1.98. The molecule has 0 bridgehead atoms. The zero-order valence-corrected chi connectivity index (χ0v) is 6.12. The van der Waals surface area contributed by atoms with E-state index >= 15 is 0 Å². The Bertz CT molecular complexity index is 221. The second-order valence-corrected chi connectivity index (χ2v) is 2.81. The van der Waals surface area contributed by atoms with Crippen LogP contribution >= 0.6 is 0 Å². The van der Waals surface area contributed by atoms with Crippen molar-refractivity contribution in [2.24, 2.45) is 0 Å². The summed E-state index contributed by atoms with van der Waals surface area (Å²) < 4.78 is 10.2. The first-order chi connectivity index (χ1) is 5.31. The molecule has 1 unspecified atom stereocenters. The minimum absolute atomic E-state index is 0.348. The molecule has 0 radical (unpaired) electrons. The van der Waals surface area contributed by atoms with Gasteiger partial charge in [-0.25, -0.2) is 0 Å². The van der Waals surface area contributed by atoms with Gasteiger partial charge in [0.2, 0.25) is 0 Å². The van der Waals surface area contributed by atoms with Gasteiger partial charge in [-0.05, 0) is 12.1 Å². The Morgan fingerprint density at radius 3 is 3.00 bits per heavy atom. The maximum atomic E-state index is 9.83. The second-order valence-electron chi connectivity index (χ2n) is 2.81. The number of hydrogen-bond donors (Lipinski definition) is 1. The second kappa shape index (κ2) is 2.36. The number of ether oxygens (including phenoxy) is 1. The highest BCUT2D eigenvalue weighted by atomic mass is 16.5. The Hall–Kier alpha value is -0.800. The van der Waals surface area contributed by atoms with E-state index in [0.29, 0.717) is 25.4 Å². The summed E-state index contributed by atoms with van der Waals surface area (Å²) >= 11 is 0. The molecule has 0 spiro atoms. The number of furan rings is 1. The van der Waals surface area contributed by atoms with Gasteiger partial charge < -0.3 is 14.3 Å². The van der Waals surface area contributed by atoms with Gasteiger partial charge in [0.25, 0.3) is 0 Å². The molecule has 1 aromatic rings. The Morgan fingerprint density at radius 2 is 2.45 bits per heavy atom. The lowest BCUT2D eigenvalue weighted by Crippen LogP contribution is -2.24. The van der Waals surface area contributed by atoms with E-state index in [9.17, 15) is 5.11 Å². The van der Waals surface area contributed by atoms with Gasteiger partial charge in [0.05, 0.1) is 19.5 Å². The molecule has 1 aliphatic heterocycles. The van der Waals surface area contributed by atoms with Crippen LogP contribution < -0.4 is 0 Å². The fourth-order valence-corrected chi connectivity index (χ4v) is 1.29. The van der Waals surface area contributed by atoms with E-state index < -0.39 is 5.60 Å². The Balaban J connectivity index is 2.27. The van der Waals surface area contributed by atoms with Crippen molar-refractivity contribution in [1.29, 1.82) is 0 Å². The van der Waals surface area contributed by atoms with Crippen molar-refractivity contribution in [3.8, 4) is 0 Å². The van der Waals surface area contributed by atoms with E-state index in [1.165, 1.54) is 0 Å². The van der Waals surface area contributed by atoms with Gasteiger partial charge in [-0.2, -0.15) is 0 Å². The van der Waals surface area contributed by atoms with Crippen LogP contribution in [0.1, 0.15) is 12.2 Å². The third kappa shape index (κ3) is 1.06. The van der Waals surface area contributed by atoms with E-state index in [-0.39, 0.29) is 0 Å². The number of hydrogen-bond acceptors (Lipinski definition) is 3. The first-order valence-electron chi connectivity index (χ1n) is 3.65. The van der Waals surface area contributed by atoms with Crippen LogP contribution in [0.5, 0.6) is 0 Å². The van der Waals surface area contributed by atoms with Crippen LogP contribution in [-0.4, -0.2) is 18.3 Å². The van der Waals surface area contributed by atoms with Crippen molar-refractivity contribution < 1.29 is 14.3 Å². The van der Waals surface area contributed by atoms with Crippen molar-refractivity contribution in [3.05, 3.63) is 24.2 Å². The molecular formula is C8H10O3. The van der Waals surface area contributed by atoms with E-state index in [2.05, 4.69) is 0 Å². The topological polar surface area (TPSA) is 42.6 Å². The first-order valence-corrected chi connectivity index (χ1v) is 3.65. The SMILES string of the molecule is OC1(c2ccco2)CCOC1.